The highest BCUT2D eigenvalue weighted by Gasteiger charge is 2.09. The molecule has 104 valence electrons. The number of rotatable bonds is 5. The Morgan fingerprint density at radius 3 is 2.85 bits per heavy atom. The number of ether oxygens (including phenoxy) is 1. The minimum Gasteiger partial charge on any atom is -0.496 e. The Labute approximate surface area is 122 Å². The molecule has 0 aliphatic rings. The lowest BCUT2D eigenvalue weighted by atomic mass is 10.2. The smallest absolute Gasteiger partial charge is 0.275 e. The van der Waals surface area contributed by atoms with Gasteiger partial charge < -0.3 is 4.74 Å². The molecule has 0 atom stereocenters. The molecule has 1 N–H and O–H groups in total. The van der Waals surface area contributed by atoms with Crippen molar-refractivity contribution in [3.8, 4) is 5.75 Å². The summed E-state index contributed by atoms with van der Waals surface area (Å²) in [7, 11) is 1.54. The predicted molar refractivity (Wildman–Crippen MR) is 81.8 cm³/mol. The van der Waals surface area contributed by atoms with Crippen LogP contribution in [0.2, 0.25) is 0 Å². The number of hydrazone groups is 1. The highest BCUT2D eigenvalue weighted by molar-refractivity contribution is 7.13. The first kappa shape index (κ1) is 14.3. The molecule has 0 fully saturated rings. The van der Waals surface area contributed by atoms with Crippen molar-refractivity contribution >= 4 is 23.5 Å². The summed E-state index contributed by atoms with van der Waals surface area (Å²) in [6.07, 6.45) is 2.66. The molecule has 0 saturated carbocycles. The number of methoxy groups -OCH3 is 1. The number of carbonyl (C=O) groups excluding carboxylic acids is 1. The maximum atomic E-state index is 12.0. The number of amides is 1. The van der Waals surface area contributed by atoms with Gasteiger partial charge in [0.1, 0.15) is 5.75 Å². The normalized spacial score (nSPS) is 10.7. The lowest BCUT2D eigenvalue weighted by molar-refractivity contribution is 0.0952. The average molecular weight is 288 g/mol. The Morgan fingerprint density at radius 2 is 2.15 bits per heavy atom. The average Bonchev–Trinajstić information content (AvgIpc) is 2.95. The van der Waals surface area contributed by atoms with Crippen LogP contribution >= 0.6 is 11.3 Å². The van der Waals surface area contributed by atoms with Crippen molar-refractivity contribution < 1.29 is 9.53 Å². The summed E-state index contributed by atoms with van der Waals surface area (Å²) < 4.78 is 5.14. The molecule has 0 aliphatic heterocycles. The molecule has 0 saturated heterocycles. The molecule has 2 rings (SSSR count). The molecule has 1 heterocycles. The summed E-state index contributed by atoms with van der Waals surface area (Å²) in [4.78, 5) is 14.3. The fourth-order valence-corrected chi connectivity index (χ4v) is 2.53. The maximum absolute atomic E-state index is 12.0. The Balaban J connectivity index is 2.01. The maximum Gasteiger partial charge on any atom is 0.275 e. The Morgan fingerprint density at radius 1 is 1.35 bits per heavy atom. The van der Waals surface area contributed by atoms with Gasteiger partial charge in [0.05, 0.1) is 18.9 Å². The third kappa shape index (κ3) is 3.45. The summed E-state index contributed by atoms with van der Waals surface area (Å²) >= 11 is 1.66. The Hall–Kier alpha value is -2.14. The topological polar surface area (TPSA) is 50.7 Å². The van der Waals surface area contributed by atoms with Gasteiger partial charge in [0.15, 0.2) is 0 Å². The van der Waals surface area contributed by atoms with E-state index in [2.05, 4.69) is 23.5 Å². The minimum atomic E-state index is -0.286. The monoisotopic (exact) mass is 288 g/mol. The van der Waals surface area contributed by atoms with Gasteiger partial charge >= 0.3 is 0 Å². The molecule has 0 unspecified atom stereocenters. The van der Waals surface area contributed by atoms with Gasteiger partial charge in [0, 0.05) is 9.75 Å². The van der Waals surface area contributed by atoms with Crippen molar-refractivity contribution in [2.24, 2.45) is 5.10 Å². The summed E-state index contributed by atoms with van der Waals surface area (Å²) in [5, 5.41) is 3.97. The zero-order chi connectivity index (χ0) is 14.4. The standard InChI is InChI=1S/C15H16N2O2S/c1-3-11-8-9-12(20-11)10-16-17-15(18)13-6-4-5-7-14(13)19-2/h4-10H,3H2,1-2H3,(H,17,18)/b16-10+. The van der Waals surface area contributed by atoms with Crippen LogP contribution in [0.1, 0.15) is 27.0 Å². The van der Waals surface area contributed by atoms with Crippen molar-refractivity contribution in [2.75, 3.05) is 7.11 Å². The van der Waals surface area contributed by atoms with E-state index >= 15 is 0 Å². The summed E-state index contributed by atoms with van der Waals surface area (Å²) in [5.41, 5.74) is 2.97. The van der Waals surface area contributed by atoms with E-state index in [1.165, 1.54) is 12.0 Å². The predicted octanol–water partition coefficient (Wildman–Crippen LogP) is 3.08. The number of hydrogen-bond acceptors (Lipinski definition) is 4. The Kier molecular flexibility index (Phi) is 4.90. The third-order valence-electron chi connectivity index (χ3n) is 2.74. The lowest BCUT2D eigenvalue weighted by Crippen LogP contribution is -2.18. The van der Waals surface area contributed by atoms with Gasteiger partial charge in [0.25, 0.3) is 5.91 Å². The van der Waals surface area contributed by atoms with E-state index in [-0.39, 0.29) is 5.91 Å². The number of hydrogen-bond donors (Lipinski definition) is 1. The third-order valence-corrected chi connectivity index (χ3v) is 3.90. The SMILES string of the molecule is CCc1ccc(/C=N/NC(=O)c2ccccc2OC)s1. The number of nitrogens with zero attached hydrogens (tertiary/aromatic N) is 1. The highest BCUT2D eigenvalue weighted by Crippen LogP contribution is 2.17. The van der Waals surface area contributed by atoms with E-state index in [4.69, 9.17) is 4.74 Å². The first-order valence-corrected chi connectivity index (χ1v) is 7.11. The summed E-state index contributed by atoms with van der Waals surface area (Å²) in [5.74, 6) is 0.246. The van der Waals surface area contributed by atoms with Crippen molar-refractivity contribution in [1.82, 2.24) is 5.43 Å². The molecule has 0 aliphatic carbocycles. The molecule has 1 aromatic heterocycles. The highest BCUT2D eigenvalue weighted by atomic mass is 32.1. The molecule has 20 heavy (non-hydrogen) atoms. The quantitative estimate of drug-likeness (QED) is 0.679. The van der Waals surface area contributed by atoms with Crippen LogP contribution in [0.4, 0.5) is 0 Å². The first-order valence-electron chi connectivity index (χ1n) is 6.29. The van der Waals surface area contributed by atoms with Crippen molar-refractivity contribution in [2.45, 2.75) is 13.3 Å². The molecule has 2 aromatic rings. The van der Waals surface area contributed by atoms with E-state index < -0.39 is 0 Å². The van der Waals surface area contributed by atoms with E-state index in [9.17, 15) is 4.79 Å². The second-order valence-corrected chi connectivity index (χ2v) is 5.26. The Bertz CT molecular complexity index is 620. The van der Waals surface area contributed by atoms with Crippen molar-refractivity contribution in [1.29, 1.82) is 0 Å². The fourth-order valence-electron chi connectivity index (χ4n) is 1.70. The zero-order valence-corrected chi connectivity index (χ0v) is 12.2. The number of aryl methyl sites for hydroxylation is 1. The number of nitrogens with one attached hydrogen (secondary N) is 1. The number of benzene rings is 1. The lowest BCUT2D eigenvalue weighted by Gasteiger charge is -2.05. The molecular formula is C15H16N2O2S. The van der Waals surface area contributed by atoms with Gasteiger partial charge in [-0.15, -0.1) is 11.3 Å². The van der Waals surface area contributed by atoms with Gasteiger partial charge in [-0.2, -0.15) is 5.10 Å². The summed E-state index contributed by atoms with van der Waals surface area (Å²) in [6, 6.07) is 11.1. The van der Waals surface area contributed by atoms with Crippen LogP contribution in [-0.2, 0) is 6.42 Å². The molecule has 1 aromatic carbocycles. The van der Waals surface area contributed by atoms with E-state index in [0.29, 0.717) is 11.3 Å². The van der Waals surface area contributed by atoms with Crippen LogP contribution in [0.3, 0.4) is 0 Å². The van der Waals surface area contributed by atoms with Crippen LogP contribution < -0.4 is 10.2 Å². The van der Waals surface area contributed by atoms with Gasteiger partial charge in [0.2, 0.25) is 0 Å². The van der Waals surface area contributed by atoms with Gasteiger partial charge in [-0.3, -0.25) is 4.79 Å². The number of para-hydroxylation sites is 1. The van der Waals surface area contributed by atoms with Crippen LogP contribution in [0.5, 0.6) is 5.75 Å². The number of carbonyl (C=O) groups is 1. The van der Waals surface area contributed by atoms with Gasteiger partial charge in [-0.1, -0.05) is 19.1 Å². The molecule has 0 spiro atoms. The zero-order valence-electron chi connectivity index (χ0n) is 11.4. The van der Waals surface area contributed by atoms with Crippen LogP contribution in [-0.4, -0.2) is 19.2 Å². The molecule has 4 nitrogen and oxygen atoms in total. The van der Waals surface area contributed by atoms with E-state index in [0.717, 1.165) is 11.3 Å². The fraction of sp³-hybridized carbons (Fsp3) is 0.200. The molecular weight excluding hydrogens is 272 g/mol. The second-order valence-electron chi connectivity index (χ2n) is 4.06. The molecule has 0 radical (unpaired) electrons. The second kappa shape index (κ2) is 6.86. The molecule has 1 amide bonds. The largest absolute Gasteiger partial charge is 0.496 e. The molecule has 0 bridgehead atoms. The van der Waals surface area contributed by atoms with E-state index in [1.807, 2.05) is 12.1 Å². The van der Waals surface area contributed by atoms with Crippen molar-refractivity contribution in [3.63, 3.8) is 0 Å². The van der Waals surface area contributed by atoms with Crippen LogP contribution in [0.25, 0.3) is 0 Å². The summed E-state index contributed by atoms with van der Waals surface area (Å²) in [6.45, 7) is 2.11. The molecule has 5 heteroatoms. The van der Waals surface area contributed by atoms with Gasteiger partial charge in [-0.05, 0) is 30.7 Å². The minimum absolute atomic E-state index is 0.286. The van der Waals surface area contributed by atoms with Gasteiger partial charge in [-0.25, -0.2) is 5.43 Å². The first-order chi connectivity index (χ1) is 9.74. The van der Waals surface area contributed by atoms with Crippen molar-refractivity contribution in [3.05, 3.63) is 51.7 Å². The van der Waals surface area contributed by atoms with E-state index in [1.54, 1.807) is 35.8 Å². The van der Waals surface area contributed by atoms with Crippen LogP contribution in [0, 0.1) is 0 Å². The van der Waals surface area contributed by atoms with Crippen LogP contribution in [0.15, 0.2) is 41.5 Å². The number of thiophene rings is 1.